The van der Waals surface area contributed by atoms with Gasteiger partial charge in [0.25, 0.3) is 5.91 Å². The van der Waals surface area contributed by atoms with Crippen molar-refractivity contribution in [2.45, 2.75) is 0 Å². The number of nitrogens with zero attached hydrogens (tertiary/aromatic N) is 3. The summed E-state index contributed by atoms with van der Waals surface area (Å²) in [5.74, 6) is -0.512. The Morgan fingerprint density at radius 2 is 1.90 bits per heavy atom. The van der Waals surface area contributed by atoms with Crippen LogP contribution in [0.5, 0.6) is 0 Å². The number of halogens is 4. The summed E-state index contributed by atoms with van der Waals surface area (Å²) in [5.41, 5.74) is 0.145. The van der Waals surface area contributed by atoms with Crippen LogP contribution in [-0.2, 0) is 0 Å². The minimum absolute atomic E-state index is 0.0375. The van der Waals surface area contributed by atoms with E-state index in [1.165, 1.54) is 18.3 Å². The van der Waals surface area contributed by atoms with E-state index in [0.29, 0.717) is 5.56 Å². The van der Waals surface area contributed by atoms with E-state index in [0.717, 1.165) is 0 Å². The van der Waals surface area contributed by atoms with E-state index in [4.69, 9.17) is 51.7 Å². The van der Waals surface area contributed by atoms with E-state index in [1.54, 1.807) is 0 Å². The zero-order valence-electron chi connectivity index (χ0n) is 9.99. The number of rotatable bonds is 2. The molecule has 9 heteroatoms. The van der Waals surface area contributed by atoms with Crippen LogP contribution in [0.4, 0.5) is 5.82 Å². The van der Waals surface area contributed by atoms with Crippen LogP contribution in [0, 0.1) is 11.3 Å². The minimum Gasteiger partial charge on any atom is -0.305 e. The van der Waals surface area contributed by atoms with Crippen LogP contribution in [-0.4, -0.2) is 15.9 Å². The van der Waals surface area contributed by atoms with Gasteiger partial charge in [0.05, 0.1) is 26.7 Å². The van der Waals surface area contributed by atoms with Gasteiger partial charge in [-0.3, -0.25) is 4.79 Å². The molecule has 0 aromatic carbocycles. The summed E-state index contributed by atoms with van der Waals surface area (Å²) < 4.78 is 0. The van der Waals surface area contributed by atoms with Crippen molar-refractivity contribution in [2.75, 3.05) is 5.32 Å². The molecule has 2 rings (SSSR count). The lowest BCUT2D eigenvalue weighted by atomic mass is 10.3. The lowest BCUT2D eigenvalue weighted by Gasteiger charge is -2.08. The molecular formula is C12H4Cl4N4O. The van der Waals surface area contributed by atoms with E-state index in [9.17, 15) is 4.79 Å². The van der Waals surface area contributed by atoms with Gasteiger partial charge in [0, 0.05) is 6.20 Å². The second kappa shape index (κ2) is 6.46. The van der Waals surface area contributed by atoms with Gasteiger partial charge in [-0.25, -0.2) is 9.97 Å². The largest absolute Gasteiger partial charge is 0.305 e. The molecule has 2 aromatic rings. The highest BCUT2D eigenvalue weighted by Crippen LogP contribution is 2.36. The van der Waals surface area contributed by atoms with Crippen LogP contribution in [0.1, 0.15) is 16.1 Å². The van der Waals surface area contributed by atoms with Crippen LogP contribution in [0.2, 0.25) is 20.2 Å². The molecule has 5 nitrogen and oxygen atoms in total. The quantitative estimate of drug-likeness (QED) is 0.812. The molecule has 106 valence electrons. The fourth-order valence-electron chi connectivity index (χ4n) is 1.38. The summed E-state index contributed by atoms with van der Waals surface area (Å²) in [6.07, 6.45) is 1.38. The van der Waals surface area contributed by atoms with Gasteiger partial charge in [0.2, 0.25) is 0 Å². The minimum atomic E-state index is -0.678. The molecule has 0 atom stereocenters. The average molecular weight is 362 g/mol. The molecule has 0 radical (unpaired) electrons. The van der Waals surface area contributed by atoms with E-state index >= 15 is 0 Å². The van der Waals surface area contributed by atoms with Gasteiger partial charge in [-0.15, -0.1) is 0 Å². The number of carbonyl (C=O) groups excluding carboxylic acids is 1. The summed E-state index contributed by atoms with van der Waals surface area (Å²) in [7, 11) is 0. The zero-order valence-corrected chi connectivity index (χ0v) is 13.0. The van der Waals surface area contributed by atoms with E-state index < -0.39 is 5.91 Å². The van der Waals surface area contributed by atoms with Gasteiger partial charge >= 0.3 is 0 Å². The third-order valence-electron chi connectivity index (χ3n) is 2.33. The summed E-state index contributed by atoms with van der Waals surface area (Å²) in [6.45, 7) is 0. The Kier molecular flexibility index (Phi) is 4.86. The molecule has 1 N–H and O–H groups in total. The van der Waals surface area contributed by atoms with Crippen molar-refractivity contribution in [3.8, 4) is 6.07 Å². The Balaban J connectivity index is 2.35. The van der Waals surface area contributed by atoms with Crippen molar-refractivity contribution in [1.29, 1.82) is 5.26 Å². The number of aromatic nitrogens is 2. The number of anilines is 1. The maximum absolute atomic E-state index is 12.1. The van der Waals surface area contributed by atoms with Gasteiger partial charge < -0.3 is 5.32 Å². The number of pyridine rings is 2. The fraction of sp³-hybridized carbons (Fsp3) is 0. The number of carbonyl (C=O) groups is 1. The predicted molar refractivity (Wildman–Crippen MR) is 81.2 cm³/mol. The van der Waals surface area contributed by atoms with Crippen LogP contribution >= 0.6 is 46.4 Å². The van der Waals surface area contributed by atoms with Gasteiger partial charge in [-0.1, -0.05) is 46.4 Å². The molecular weight excluding hydrogens is 358 g/mol. The Morgan fingerprint density at radius 3 is 2.57 bits per heavy atom. The fourth-order valence-corrected chi connectivity index (χ4v) is 2.20. The molecule has 0 aliphatic carbocycles. The molecule has 0 saturated carbocycles. The number of hydrogen-bond acceptors (Lipinski definition) is 4. The summed E-state index contributed by atoms with van der Waals surface area (Å²) >= 11 is 23.3. The number of nitriles is 1. The summed E-state index contributed by atoms with van der Waals surface area (Å²) in [6, 6.07) is 4.82. The van der Waals surface area contributed by atoms with E-state index in [-0.39, 0.29) is 31.7 Å². The highest BCUT2D eigenvalue weighted by molar-refractivity contribution is 6.52. The first-order chi connectivity index (χ1) is 9.93. The van der Waals surface area contributed by atoms with Crippen LogP contribution < -0.4 is 5.32 Å². The van der Waals surface area contributed by atoms with Crippen molar-refractivity contribution in [3.05, 3.63) is 49.8 Å². The van der Waals surface area contributed by atoms with Crippen molar-refractivity contribution in [3.63, 3.8) is 0 Å². The smallest absolute Gasteiger partial charge is 0.277 e. The van der Waals surface area contributed by atoms with Crippen LogP contribution in [0.15, 0.2) is 18.3 Å². The molecule has 0 bridgehead atoms. The van der Waals surface area contributed by atoms with Crippen molar-refractivity contribution >= 4 is 58.1 Å². The normalized spacial score (nSPS) is 10.0. The number of amides is 1. The first kappa shape index (κ1) is 15.8. The van der Waals surface area contributed by atoms with Gasteiger partial charge in [0.1, 0.15) is 11.0 Å². The van der Waals surface area contributed by atoms with Gasteiger partial charge in [0.15, 0.2) is 5.69 Å². The predicted octanol–water partition coefficient (Wildman–Crippen LogP) is 4.21. The first-order valence-corrected chi connectivity index (χ1v) is 6.82. The van der Waals surface area contributed by atoms with E-state index in [1.807, 2.05) is 6.07 Å². The molecule has 0 aliphatic heterocycles. The SMILES string of the molecule is N#Cc1ccnc(NC(=O)c2nc(Cl)c(Cl)c(Cl)c2Cl)c1. The second-order valence-corrected chi connectivity index (χ2v) is 5.18. The molecule has 0 fully saturated rings. The standard InChI is InChI=1S/C12H4Cl4N4O/c13-7-8(14)10(20-11(16)9(7)15)12(21)19-6-3-5(4-17)1-2-18-6/h1-3H,(H,18,19,21). The molecule has 2 aromatic heterocycles. The van der Waals surface area contributed by atoms with Gasteiger partial charge in [-0.05, 0) is 12.1 Å². The molecule has 1 amide bonds. The second-order valence-electron chi connectivity index (χ2n) is 3.69. The Labute approximate surface area is 139 Å². The third kappa shape index (κ3) is 3.36. The summed E-state index contributed by atoms with van der Waals surface area (Å²) in [5, 5.41) is 10.9. The monoisotopic (exact) mass is 360 g/mol. The maximum Gasteiger partial charge on any atom is 0.277 e. The third-order valence-corrected chi connectivity index (χ3v) is 4.01. The number of nitrogens with one attached hydrogen (secondary N) is 1. The van der Waals surface area contributed by atoms with Crippen molar-refractivity contribution < 1.29 is 4.79 Å². The molecule has 2 heterocycles. The summed E-state index contributed by atoms with van der Waals surface area (Å²) in [4.78, 5) is 19.8. The van der Waals surface area contributed by atoms with E-state index in [2.05, 4.69) is 15.3 Å². The average Bonchev–Trinajstić information content (AvgIpc) is 2.48. The lowest BCUT2D eigenvalue weighted by Crippen LogP contribution is -2.15. The van der Waals surface area contributed by atoms with Crippen molar-refractivity contribution in [1.82, 2.24) is 9.97 Å². The zero-order chi connectivity index (χ0) is 15.6. The van der Waals surface area contributed by atoms with Crippen LogP contribution in [0.25, 0.3) is 0 Å². The highest BCUT2D eigenvalue weighted by Gasteiger charge is 2.20. The lowest BCUT2D eigenvalue weighted by molar-refractivity contribution is 0.102. The van der Waals surface area contributed by atoms with Crippen LogP contribution in [0.3, 0.4) is 0 Å². The molecule has 0 spiro atoms. The first-order valence-electron chi connectivity index (χ1n) is 5.31. The van der Waals surface area contributed by atoms with Crippen molar-refractivity contribution in [2.24, 2.45) is 0 Å². The maximum atomic E-state index is 12.1. The van der Waals surface area contributed by atoms with Gasteiger partial charge in [-0.2, -0.15) is 5.26 Å². The molecule has 21 heavy (non-hydrogen) atoms. The molecule has 0 saturated heterocycles. The molecule has 0 unspecified atom stereocenters. The molecule has 0 aliphatic rings. The Morgan fingerprint density at radius 1 is 1.19 bits per heavy atom. The Bertz CT molecular complexity index is 773. The number of hydrogen-bond donors (Lipinski definition) is 1. The topological polar surface area (TPSA) is 78.7 Å². The Hall–Kier alpha value is -1.58. The highest BCUT2D eigenvalue weighted by atomic mass is 35.5.